The minimum atomic E-state index is 0.266. The predicted molar refractivity (Wildman–Crippen MR) is 77.8 cm³/mol. The third-order valence-corrected chi connectivity index (χ3v) is 3.85. The second kappa shape index (κ2) is 7.46. The van der Waals surface area contributed by atoms with E-state index in [9.17, 15) is 5.11 Å². The smallest absolute Gasteiger partial charge is 0.0558 e. The highest BCUT2D eigenvalue weighted by Crippen LogP contribution is 2.26. The summed E-state index contributed by atoms with van der Waals surface area (Å²) < 4.78 is 0. The average molecular weight is 256 g/mol. The molecule has 1 rings (SSSR count). The van der Waals surface area contributed by atoms with E-state index in [2.05, 4.69) is 37.9 Å². The number of aliphatic hydroxyl groups excluding tert-OH is 1. The third-order valence-electron chi connectivity index (χ3n) is 3.85. The lowest BCUT2D eigenvalue weighted by molar-refractivity contribution is 0.102. The number of hydrogen-bond donors (Lipinski definition) is 2. The highest BCUT2D eigenvalue weighted by atomic mass is 16.3. The molecule has 1 saturated carbocycles. The van der Waals surface area contributed by atoms with Crippen molar-refractivity contribution >= 4 is 0 Å². The van der Waals surface area contributed by atoms with Crippen molar-refractivity contribution in [1.82, 2.24) is 10.2 Å². The van der Waals surface area contributed by atoms with Crippen molar-refractivity contribution in [3.05, 3.63) is 0 Å². The molecule has 0 aromatic rings. The van der Waals surface area contributed by atoms with Gasteiger partial charge in [-0.05, 0) is 18.3 Å². The summed E-state index contributed by atoms with van der Waals surface area (Å²) in [6, 6.07) is 1.25. The molecular weight excluding hydrogens is 224 g/mol. The topological polar surface area (TPSA) is 35.5 Å². The quantitative estimate of drug-likeness (QED) is 0.699. The summed E-state index contributed by atoms with van der Waals surface area (Å²) in [5.41, 5.74) is 0.266. The predicted octanol–water partition coefficient (Wildman–Crippen LogP) is 2.25. The Bertz CT molecular complexity index is 223. The van der Waals surface area contributed by atoms with Gasteiger partial charge in [0, 0.05) is 31.7 Å². The summed E-state index contributed by atoms with van der Waals surface area (Å²) in [5, 5.41) is 12.8. The lowest BCUT2D eigenvalue weighted by Crippen LogP contribution is -2.46. The molecule has 1 fully saturated rings. The van der Waals surface area contributed by atoms with E-state index in [0.717, 1.165) is 19.6 Å². The molecule has 0 spiro atoms. The van der Waals surface area contributed by atoms with Crippen molar-refractivity contribution in [2.75, 3.05) is 26.2 Å². The molecule has 108 valence electrons. The molecular formula is C15H32N2O. The Labute approximate surface area is 113 Å². The zero-order valence-electron chi connectivity index (χ0n) is 12.7. The second-order valence-corrected chi connectivity index (χ2v) is 6.83. The van der Waals surface area contributed by atoms with Crippen LogP contribution >= 0.6 is 0 Å². The van der Waals surface area contributed by atoms with Gasteiger partial charge in [0.05, 0.1) is 6.61 Å². The molecule has 0 atom stereocenters. The zero-order valence-corrected chi connectivity index (χ0v) is 12.7. The molecule has 1 aliphatic rings. The van der Waals surface area contributed by atoms with E-state index in [1.807, 2.05) is 0 Å². The van der Waals surface area contributed by atoms with Crippen molar-refractivity contribution in [1.29, 1.82) is 0 Å². The van der Waals surface area contributed by atoms with Crippen LogP contribution in [0, 0.1) is 5.41 Å². The van der Waals surface area contributed by atoms with Crippen LogP contribution in [-0.4, -0.2) is 48.3 Å². The van der Waals surface area contributed by atoms with Gasteiger partial charge < -0.3 is 10.4 Å². The highest BCUT2D eigenvalue weighted by Gasteiger charge is 2.28. The van der Waals surface area contributed by atoms with Gasteiger partial charge in [-0.2, -0.15) is 0 Å². The Hall–Kier alpha value is -0.120. The van der Waals surface area contributed by atoms with E-state index < -0.39 is 0 Å². The molecule has 0 aromatic carbocycles. The van der Waals surface area contributed by atoms with E-state index in [1.165, 1.54) is 25.7 Å². The Morgan fingerprint density at radius 1 is 1.28 bits per heavy atom. The molecule has 0 heterocycles. The Morgan fingerprint density at radius 3 is 2.39 bits per heavy atom. The molecule has 3 heteroatoms. The standard InChI is InChI=1S/C15H32N2O/c1-13(2)16-11-15(3,4)12-17(9-10-18)14-7-5-6-8-14/h13-14,16,18H,5-12H2,1-4H3. The minimum Gasteiger partial charge on any atom is -0.395 e. The van der Waals surface area contributed by atoms with Crippen LogP contribution in [0.25, 0.3) is 0 Å². The van der Waals surface area contributed by atoms with Crippen LogP contribution < -0.4 is 5.32 Å². The fraction of sp³-hybridized carbons (Fsp3) is 1.00. The molecule has 18 heavy (non-hydrogen) atoms. The molecule has 3 nitrogen and oxygen atoms in total. The van der Waals surface area contributed by atoms with Crippen molar-refractivity contribution in [2.24, 2.45) is 5.41 Å². The van der Waals surface area contributed by atoms with Crippen LogP contribution in [0.15, 0.2) is 0 Å². The lowest BCUT2D eigenvalue weighted by atomic mass is 9.91. The first-order chi connectivity index (χ1) is 8.44. The summed E-state index contributed by atoms with van der Waals surface area (Å²) in [5.74, 6) is 0. The third kappa shape index (κ3) is 5.68. The number of hydrogen-bond acceptors (Lipinski definition) is 3. The number of aliphatic hydroxyl groups is 1. The largest absolute Gasteiger partial charge is 0.395 e. The van der Waals surface area contributed by atoms with Crippen molar-refractivity contribution in [3.63, 3.8) is 0 Å². The van der Waals surface area contributed by atoms with Crippen molar-refractivity contribution in [2.45, 2.75) is 65.5 Å². The Balaban J connectivity index is 2.47. The van der Waals surface area contributed by atoms with Crippen LogP contribution in [0.2, 0.25) is 0 Å². The number of nitrogens with one attached hydrogen (secondary N) is 1. The zero-order chi connectivity index (χ0) is 13.6. The van der Waals surface area contributed by atoms with Gasteiger partial charge in [0.1, 0.15) is 0 Å². The maximum absolute atomic E-state index is 9.25. The van der Waals surface area contributed by atoms with Gasteiger partial charge in [-0.1, -0.05) is 40.5 Å². The average Bonchev–Trinajstić information content (AvgIpc) is 2.79. The minimum absolute atomic E-state index is 0.266. The summed E-state index contributed by atoms with van der Waals surface area (Å²) in [6.07, 6.45) is 5.34. The maximum atomic E-state index is 9.25. The summed E-state index contributed by atoms with van der Waals surface area (Å²) in [4.78, 5) is 2.51. The van der Waals surface area contributed by atoms with Gasteiger partial charge >= 0.3 is 0 Å². The van der Waals surface area contributed by atoms with Gasteiger partial charge in [-0.15, -0.1) is 0 Å². The first-order valence-electron chi connectivity index (χ1n) is 7.53. The maximum Gasteiger partial charge on any atom is 0.0558 e. The summed E-state index contributed by atoms with van der Waals surface area (Å²) in [6.45, 7) is 12.3. The van der Waals surface area contributed by atoms with E-state index >= 15 is 0 Å². The van der Waals surface area contributed by atoms with Crippen LogP contribution in [0.4, 0.5) is 0 Å². The van der Waals surface area contributed by atoms with Gasteiger partial charge in [-0.25, -0.2) is 0 Å². The van der Waals surface area contributed by atoms with Crippen molar-refractivity contribution in [3.8, 4) is 0 Å². The van der Waals surface area contributed by atoms with Gasteiger partial charge in [-0.3, -0.25) is 4.90 Å². The number of rotatable bonds is 8. The molecule has 0 radical (unpaired) electrons. The second-order valence-electron chi connectivity index (χ2n) is 6.83. The van der Waals surface area contributed by atoms with Crippen LogP contribution in [0.5, 0.6) is 0 Å². The molecule has 2 N–H and O–H groups in total. The Morgan fingerprint density at radius 2 is 1.89 bits per heavy atom. The highest BCUT2D eigenvalue weighted by molar-refractivity contribution is 4.83. The molecule has 0 saturated heterocycles. The summed E-state index contributed by atoms with van der Waals surface area (Å²) >= 11 is 0. The SMILES string of the molecule is CC(C)NCC(C)(C)CN(CCO)C1CCCC1. The van der Waals surface area contributed by atoms with Crippen LogP contribution in [0.3, 0.4) is 0 Å². The van der Waals surface area contributed by atoms with E-state index in [1.54, 1.807) is 0 Å². The molecule has 0 bridgehead atoms. The molecule has 0 unspecified atom stereocenters. The van der Waals surface area contributed by atoms with Crippen LogP contribution in [0.1, 0.15) is 53.4 Å². The van der Waals surface area contributed by atoms with Crippen LogP contribution in [-0.2, 0) is 0 Å². The molecule has 0 aromatic heterocycles. The normalized spacial score (nSPS) is 18.2. The molecule has 0 amide bonds. The van der Waals surface area contributed by atoms with Gasteiger partial charge in [0.2, 0.25) is 0 Å². The number of nitrogens with zero attached hydrogens (tertiary/aromatic N) is 1. The Kier molecular flexibility index (Phi) is 6.61. The molecule has 1 aliphatic carbocycles. The first-order valence-corrected chi connectivity index (χ1v) is 7.53. The van der Waals surface area contributed by atoms with E-state index in [-0.39, 0.29) is 12.0 Å². The molecule has 0 aliphatic heterocycles. The summed E-state index contributed by atoms with van der Waals surface area (Å²) in [7, 11) is 0. The fourth-order valence-electron chi connectivity index (χ4n) is 2.87. The van der Waals surface area contributed by atoms with Gasteiger partial charge in [0.25, 0.3) is 0 Å². The van der Waals surface area contributed by atoms with E-state index in [4.69, 9.17) is 0 Å². The van der Waals surface area contributed by atoms with E-state index in [0.29, 0.717) is 12.1 Å². The lowest BCUT2D eigenvalue weighted by Gasteiger charge is -2.36. The van der Waals surface area contributed by atoms with Crippen molar-refractivity contribution < 1.29 is 5.11 Å². The first kappa shape index (κ1) is 15.9. The van der Waals surface area contributed by atoms with Gasteiger partial charge in [0.15, 0.2) is 0 Å². The fourth-order valence-corrected chi connectivity index (χ4v) is 2.87. The monoisotopic (exact) mass is 256 g/mol.